The molecule has 0 amide bonds. The number of anilines is 2. The number of nitrogens with zero attached hydrogens (tertiary/aromatic N) is 2. The van der Waals surface area contributed by atoms with Crippen LogP contribution in [0.2, 0.25) is 0 Å². The maximum atomic E-state index is 3.60. The molecule has 0 bridgehead atoms. The van der Waals surface area contributed by atoms with Crippen molar-refractivity contribution in [2.75, 3.05) is 16.3 Å². The van der Waals surface area contributed by atoms with Gasteiger partial charge in [0.1, 0.15) is 6.17 Å². The van der Waals surface area contributed by atoms with Crippen molar-refractivity contribution in [3.63, 3.8) is 0 Å². The Kier molecular flexibility index (Phi) is 6.05. The second-order valence-corrected chi connectivity index (χ2v) is 8.27. The van der Waals surface area contributed by atoms with E-state index in [2.05, 4.69) is 125 Å². The summed E-state index contributed by atoms with van der Waals surface area (Å²) in [6.45, 7) is 5.50. The average molecular weight is 447 g/mol. The Morgan fingerprint density at radius 1 is 0.759 bits per heavy atom. The molecule has 1 atom stereocenters. The van der Waals surface area contributed by atoms with E-state index in [9.17, 15) is 0 Å². The Labute approximate surface area is 182 Å². The van der Waals surface area contributed by atoms with E-state index >= 15 is 0 Å². The number of para-hydroxylation sites is 2. The van der Waals surface area contributed by atoms with E-state index in [1.807, 2.05) is 0 Å². The molecule has 2 nitrogen and oxygen atoms in total. The molecule has 0 N–H and O–H groups in total. The number of hydrogen-bond donors (Lipinski definition) is 0. The zero-order valence-corrected chi connectivity index (χ0v) is 18.6. The fourth-order valence-electron chi connectivity index (χ4n) is 4.28. The summed E-state index contributed by atoms with van der Waals surface area (Å²) in [7, 11) is 0. The number of benzene rings is 3. The zero-order valence-electron chi connectivity index (χ0n) is 17.1. The van der Waals surface area contributed by atoms with Crippen molar-refractivity contribution in [1.82, 2.24) is 0 Å². The lowest BCUT2D eigenvalue weighted by Gasteiger charge is -2.48. The fraction of sp³-hybridized carbons (Fsp3) is 0.231. The molecule has 1 aliphatic heterocycles. The van der Waals surface area contributed by atoms with Crippen molar-refractivity contribution in [3.8, 4) is 0 Å². The van der Waals surface area contributed by atoms with E-state index < -0.39 is 0 Å². The van der Waals surface area contributed by atoms with Gasteiger partial charge in [0.15, 0.2) is 0 Å². The molecule has 4 rings (SSSR count). The summed E-state index contributed by atoms with van der Waals surface area (Å²) in [5, 5.41) is 0. The van der Waals surface area contributed by atoms with E-state index in [1.54, 1.807) is 0 Å². The Balaban J connectivity index is 1.94. The van der Waals surface area contributed by atoms with Crippen LogP contribution in [0.4, 0.5) is 11.4 Å². The van der Waals surface area contributed by atoms with E-state index in [-0.39, 0.29) is 6.17 Å². The largest absolute Gasteiger partial charge is 0.343 e. The van der Waals surface area contributed by atoms with Crippen LogP contribution in [0.3, 0.4) is 0 Å². The van der Waals surface area contributed by atoms with Crippen LogP contribution >= 0.6 is 15.9 Å². The van der Waals surface area contributed by atoms with E-state index in [0.29, 0.717) is 0 Å². The minimum absolute atomic E-state index is 0.109. The van der Waals surface area contributed by atoms with Crippen LogP contribution in [0.1, 0.15) is 38.4 Å². The predicted molar refractivity (Wildman–Crippen MR) is 127 cm³/mol. The quantitative estimate of drug-likeness (QED) is 0.398. The highest BCUT2D eigenvalue weighted by Gasteiger charge is 2.35. The topological polar surface area (TPSA) is 6.48 Å². The molecular formula is C26H27BrN2. The minimum Gasteiger partial charge on any atom is -0.343 e. The van der Waals surface area contributed by atoms with Gasteiger partial charge in [-0.25, -0.2) is 0 Å². The molecule has 29 heavy (non-hydrogen) atoms. The van der Waals surface area contributed by atoms with E-state index in [0.717, 1.165) is 23.9 Å². The summed E-state index contributed by atoms with van der Waals surface area (Å²) in [6.07, 6.45) is 2.19. The Morgan fingerprint density at radius 3 is 1.90 bits per heavy atom. The number of rotatable bonds is 5. The lowest BCUT2D eigenvalue weighted by atomic mass is 9.97. The van der Waals surface area contributed by atoms with Crippen molar-refractivity contribution in [3.05, 3.63) is 106 Å². The van der Waals surface area contributed by atoms with E-state index in [1.165, 1.54) is 28.2 Å². The molecule has 148 valence electrons. The molecule has 0 fully saturated rings. The number of hydrogen-bond acceptors (Lipinski definition) is 2. The first kappa shape index (κ1) is 19.8. The highest BCUT2D eigenvalue weighted by atomic mass is 79.9. The van der Waals surface area contributed by atoms with Gasteiger partial charge in [-0.15, -0.1) is 0 Å². The second kappa shape index (κ2) is 8.87. The first-order valence-electron chi connectivity index (χ1n) is 10.3. The van der Waals surface area contributed by atoms with Gasteiger partial charge in [0.05, 0.1) is 0 Å². The summed E-state index contributed by atoms with van der Waals surface area (Å²) < 4.78 is 1.11. The summed E-state index contributed by atoms with van der Waals surface area (Å²) in [4.78, 5) is 5.08. The smallest absolute Gasteiger partial charge is 0.132 e. The third kappa shape index (κ3) is 3.97. The molecule has 1 heterocycles. The lowest BCUT2D eigenvalue weighted by molar-refractivity contribution is 0.575. The monoisotopic (exact) mass is 446 g/mol. The van der Waals surface area contributed by atoms with Gasteiger partial charge < -0.3 is 9.80 Å². The third-order valence-electron chi connectivity index (χ3n) is 5.65. The molecule has 0 saturated carbocycles. The standard InChI is InChI=1S/C26H27BrN2/c1-3-20-19-28(23-11-7-5-8-12-23)26(21-15-17-22(27)18-16-21)29(25(20)4-2)24-13-9-6-10-14-24/h5-18,26H,3-4,19H2,1-2H3. The Morgan fingerprint density at radius 2 is 1.34 bits per heavy atom. The van der Waals surface area contributed by atoms with Gasteiger partial charge in [-0.1, -0.05) is 78.3 Å². The molecule has 1 aliphatic rings. The van der Waals surface area contributed by atoms with Gasteiger partial charge in [-0.05, 0) is 60.4 Å². The SMILES string of the molecule is CCC1=C(CC)N(c2ccccc2)C(c2ccc(Br)cc2)N(c2ccccc2)C1. The van der Waals surface area contributed by atoms with Crippen molar-refractivity contribution in [2.24, 2.45) is 0 Å². The molecule has 3 heteroatoms. The fourth-order valence-corrected chi connectivity index (χ4v) is 4.54. The van der Waals surface area contributed by atoms with Gasteiger partial charge in [0.2, 0.25) is 0 Å². The highest BCUT2D eigenvalue weighted by Crippen LogP contribution is 2.42. The first-order chi connectivity index (χ1) is 14.2. The molecule has 0 aliphatic carbocycles. The minimum atomic E-state index is 0.109. The molecule has 0 saturated heterocycles. The lowest BCUT2D eigenvalue weighted by Crippen LogP contribution is -2.47. The van der Waals surface area contributed by atoms with Crippen molar-refractivity contribution in [2.45, 2.75) is 32.9 Å². The molecule has 1 unspecified atom stereocenters. The Hall–Kier alpha value is -2.52. The van der Waals surface area contributed by atoms with Crippen LogP contribution in [0.15, 0.2) is 101 Å². The van der Waals surface area contributed by atoms with Gasteiger partial charge in [-0.3, -0.25) is 0 Å². The van der Waals surface area contributed by atoms with Crippen LogP contribution in [0.25, 0.3) is 0 Å². The molecule has 0 radical (unpaired) electrons. The normalized spacial score (nSPS) is 17.0. The molecular weight excluding hydrogens is 420 g/mol. The van der Waals surface area contributed by atoms with Crippen molar-refractivity contribution in [1.29, 1.82) is 0 Å². The van der Waals surface area contributed by atoms with Crippen LogP contribution in [0.5, 0.6) is 0 Å². The van der Waals surface area contributed by atoms with Gasteiger partial charge in [-0.2, -0.15) is 0 Å². The van der Waals surface area contributed by atoms with Crippen molar-refractivity contribution < 1.29 is 0 Å². The highest BCUT2D eigenvalue weighted by molar-refractivity contribution is 9.10. The second-order valence-electron chi connectivity index (χ2n) is 7.35. The summed E-state index contributed by atoms with van der Waals surface area (Å²) >= 11 is 3.60. The molecule has 0 spiro atoms. The molecule has 3 aromatic carbocycles. The summed E-state index contributed by atoms with van der Waals surface area (Å²) in [5.74, 6) is 0. The average Bonchev–Trinajstić information content (AvgIpc) is 2.79. The van der Waals surface area contributed by atoms with Crippen LogP contribution in [-0.4, -0.2) is 6.54 Å². The number of halogens is 1. The van der Waals surface area contributed by atoms with E-state index in [4.69, 9.17) is 0 Å². The third-order valence-corrected chi connectivity index (χ3v) is 6.18. The first-order valence-corrected chi connectivity index (χ1v) is 11.1. The zero-order chi connectivity index (χ0) is 20.2. The van der Waals surface area contributed by atoms with Crippen LogP contribution < -0.4 is 9.80 Å². The van der Waals surface area contributed by atoms with Crippen molar-refractivity contribution >= 4 is 27.3 Å². The maximum Gasteiger partial charge on any atom is 0.132 e. The maximum absolute atomic E-state index is 3.60. The van der Waals surface area contributed by atoms with Crippen LogP contribution in [0, 0.1) is 0 Å². The summed E-state index contributed by atoms with van der Waals surface area (Å²) in [6, 6.07) is 30.4. The molecule has 3 aromatic rings. The predicted octanol–water partition coefficient (Wildman–Crippen LogP) is 7.55. The Bertz CT molecular complexity index is 965. The van der Waals surface area contributed by atoms with Crippen LogP contribution in [-0.2, 0) is 0 Å². The van der Waals surface area contributed by atoms with Gasteiger partial charge >= 0.3 is 0 Å². The summed E-state index contributed by atoms with van der Waals surface area (Å²) in [5.41, 5.74) is 6.74. The molecule has 0 aromatic heterocycles. The number of allylic oxidation sites excluding steroid dienone is 1. The van der Waals surface area contributed by atoms with Gasteiger partial charge in [0.25, 0.3) is 0 Å². The van der Waals surface area contributed by atoms with Gasteiger partial charge in [0, 0.05) is 28.1 Å².